The van der Waals surface area contributed by atoms with Gasteiger partial charge in [0.1, 0.15) is 5.57 Å². The van der Waals surface area contributed by atoms with Gasteiger partial charge >= 0.3 is 0 Å². The molecule has 0 heterocycles. The van der Waals surface area contributed by atoms with E-state index in [0.717, 1.165) is 0 Å². The van der Waals surface area contributed by atoms with E-state index in [0.29, 0.717) is 11.1 Å². The molecule has 0 spiro atoms. The molecule has 0 saturated carbocycles. The minimum atomic E-state index is -0.289. The van der Waals surface area contributed by atoms with Crippen molar-refractivity contribution in [3.63, 3.8) is 0 Å². The highest BCUT2D eigenvalue weighted by atomic mass is 16.3. The Bertz CT molecular complexity index is 92.4. The second kappa shape index (κ2) is 2.48. The second-order valence-electron chi connectivity index (χ2n) is 1.35. The molecule has 0 aliphatic heterocycles. The average Bonchev–Trinajstić information content (AvgIpc) is 1.65. The molecule has 0 bridgehead atoms. The maximum Gasteiger partial charge on any atom is 0.120 e. The molecule has 1 heteroatoms. The first-order valence-corrected chi connectivity index (χ1v) is 1.95. The first-order chi connectivity index (χ1) is 3.18. The molecule has 0 aliphatic carbocycles. The summed E-state index contributed by atoms with van der Waals surface area (Å²) in [6.45, 7) is 9.94. The molecular weight excluding hydrogens is 88.1 g/mol. The molecule has 0 aromatic heterocycles. The summed E-state index contributed by atoms with van der Waals surface area (Å²) in [5.41, 5.74) is 1.02. The van der Waals surface area contributed by atoms with Crippen molar-refractivity contribution >= 4 is 0 Å². The Labute approximate surface area is 44.0 Å². The third-order valence-electron chi connectivity index (χ3n) is 0.674. The van der Waals surface area contributed by atoms with E-state index in [1.807, 2.05) is 0 Å². The van der Waals surface area contributed by atoms with Crippen LogP contribution in [0, 0.1) is 6.92 Å². The van der Waals surface area contributed by atoms with Gasteiger partial charge in [-0.3, -0.25) is 0 Å². The van der Waals surface area contributed by atoms with Gasteiger partial charge < -0.3 is 5.11 Å². The Kier molecular flexibility index (Phi) is 2.23. The van der Waals surface area contributed by atoms with Crippen molar-refractivity contribution in [3.8, 4) is 0 Å². The van der Waals surface area contributed by atoms with Crippen molar-refractivity contribution in [3.05, 3.63) is 31.2 Å². The average molecular weight is 96.1 g/mol. The van der Waals surface area contributed by atoms with E-state index < -0.39 is 0 Å². The van der Waals surface area contributed by atoms with Gasteiger partial charge in [0.15, 0.2) is 0 Å². The Morgan fingerprint density at radius 1 is 1.57 bits per heavy atom. The summed E-state index contributed by atoms with van der Waals surface area (Å²) in [6, 6.07) is 0. The van der Waals surface area contributed by atoms with Crippen molar-refractivity contribution in [1.29, 1.82) is 0 Å². The van der Waals surface area contributed by atoms with Gasteiger partial charge in [-0.05, 0) is 6.58 Å². The minimum absolute atomic E-state index is 0.289. The monoisotopic (exact) mass is 96.1 g/mol. The van der Waals surface area contributed by atoms with Crippen molar-refractivity contribution in [2.24, 2.45) is 0 Å². The van der Waals surface area contributed by atoms with Gasteiger partial charge in [0.05, 0.1) is 0 Å². The summed E-state index contributed by atoms with van der Waals surface area (Å²) >= 11 is 0. The standard InChI is InChI=1S/C6H8O/c1-5(2)6(3)4-7/h1-4H2. The highest BCUT2D eigenvalue weighted by Gasteiger charge is 1.91. The summed E-state index contributed by atoms with van der Waals surface area (Å²) < 4.78 is 0. The smallest absolute Gasteiger partial charge is 0.120 e. The summed E-state index contributed by atoms with van der Waals surface area (Å²) in [4.78, 5) is 0. The Morgan fingerprint density at radius 2 is 2.00 bits per heavy atom. The molecule has 0 atom stereocenters. The highest BCUT2D eigenvalue weighted by Crippen LogP contribution is 1.97. The van der Waals surface area contributed by atoms with Crippen molar-refractivity contribution in [1.82, 2.24) is 0 Å². The highest BCUT2D eigenvalue weighted by molar-refractivity contribution is 5.26. The molecule has 7 heavy (non-hydrogen) atoms. The first kappa shape index (κ1) is 6.31. The third kappa shape index (κ3) is 2.06. The minimum Gasteiger partial charge on any atom is -0.841 e. The maximum absolute atomic E-state index is 9.87. The number of rotatable bonds is 2. The van der Waals surface area contributed by atoms with Gasteiger partial charge in [0.2, 0.25) is 0 Å². The SMILES string of the molecule is C=C([CH2+])C(=C)C[O-]. The zero-order chi connectivity index (χ0) is 5.86. The van der Waals surface area contributed by atoms with E-state index in [9.17, 15) is 5.11 Å². The van der Waals surface area contributed by atoms with Crippen LogP contribution in [-0.4, -0.2) is 6.61 Å². The number of hydrogen-bond acceptors (Lipinski definition) is 1. The van der Waals surface area contributed by atoms with Gasteiger partial charge in [-0.1, -0.05) is 6.61 Å². The Balaban J connectivity index is 3.58. The van der Waals surface area contributed by atoms with Gasteiger partial charge in [-0.25, -0.2) is 0 Å². The molecule has 1 nitrogen and oxygen atoms in total. The van der Waals surface area contributed by atoms with Crippen LogP contribution in [0.25, 0.3) is 0 Å². The molecule has 0 N–H and O–H groups in total. The number of hydrogen-bond donors (Lipinski definition) is 0. The van der Waals surface area contributed by atoms with Crippen molar-refractivity contribution in [2.45, 2.75) is 0 Å². The second-order valence-corrected chi connectivity index (χ2v) is 1.35. The predicted octanol–water partition coefficient (Wildman–Crippen LogP) is 0.293. The van der Waals surface area contributed by atoms with E-state index in [1.54, 1.807) is 0 Å². The lowest BCUT2D eigenvalue weighted by atomic mass is 10.2. The fourth-order valence-electron chi connectivity index (χ4n) is 0.102. The van der Waals surface area contributed by atoms with Gasteiger partial charge in [-0.2, -0.15) is 0 Å². The van der Waals surface area contributed by atoms with Crippen LogP contribution in [0.5, 0.6) is 0 Å². The normalized spacial score (nSPS) is 8.14. The van der Waals surface area contributed by atoms with Gasteiger partial charge in [0.25, 0.3) is 0 Å². The Hall–Kier alpha value is -0.690. The van der Waals surface area contributed by atoms with Crippen molar-refractivity contribution in [2.75, 3.05) is 6.61 Å². The summed E-state index contributed by atoms with van der Waals surface area (Å²) in [5, 5.41) is 9.87. The van der Waals surface area contributed by atoms with E-state index in [1.165, 1.54) is 0 Å². The molecule has 0 amide bonds. The van der Waals surface area contributed by atoms with Crippen LogP contribution < -0.4 is 5.11 Å². The van der Waals surface area contributed by atoms with Crippen LogP contribution in [-0.2, 0) is 0 Å². The summed E-state index contributed by atoms with van der Waals surface area (Å²) in [5.74, 6) is 0. The molecule has 0 fully saturated rings. The largest absolute Gasteiger partial charge is 0.841 e. The molecular formula is C6H8O. The van der Waals surface area contributed by atoms with Gasteiger partial charge in [0, 0.05) is 19.1 Å². The molecule has 0 saturated heterocycles. The summed E-state index contributed by atoms with van der Waals surface area (Å²) in [7, 11) is 0. The predicted molar refractivity (Wildman–Crippen MR) is 28.5 cm³/mol. The van der Waals surface area contributed by atoms with Crippen LogP contribution in [0.1, 0.15) is 0 Å². The maximum atomic E-state index is 9.87. The molecule has 0 aromatic rings. The van der Waals surface area contributed by atoms with Crippen LogP contribution in [0.3, 0.4) is 0 Å². The zero-order valence-corrected chi connectivity index (χ0v) is 4.24. The molecule has 0 rings (SSSR count). The van der Waals surface area contributed by atoms with Crippen LogP contribution >= 0.6 is 0 Å². The molecule has 38 valence electrons. The lowest BCUT2D eigenvalue weighted by Gasteiger charge is -1.96. The zero-order valence-electron chi connectivity index (χ0n) is 4.24. The van der Waals surface area contributed by atoms with E-state index in [-0.39, 0.29) is 6.61 Å². The first-order valence-electron chi connectivity index (χ1n) is 1.95. The molecule has 0 unspecified atom stereocenters. The van der Waals surface area contributed by atoms with E-state index in [4.69, 9.17) is 0 Å². The van der Waals surface area contributed by atoms with Crippen molar-refractivity contribution < 1.29 is 5.11 Å². The molecule has 0 radical (unpaired) electrons. The van der Waals surface area contributed by atoms with Crippen LogP contribution in [0.2, 0.25) is 0 Å². The lowest BCUT2D eigenvalue weighted by Crippen LogP contribution is -2.07. The van der Waals surface area contributed by atoms with E-state index >= 15 is 0 Å². The summed E-state index contributed by atoms with van der Waals surface area (Å²) in [6.07, 6.45) is 0. The third-order valence-corrected chi connectivity index (χ3v) is 0.674. The van der Waals surface area contributed by atoms with Crippen LogP contribution in [0.15, 0.2) is 24.3 Å². The van der Waals surface area contributed by atoms with E-state index in [2.05, 4.69) is 20.1 Å². The molecule has 0 aliphatic rings. The quantitative estimate of drug-likeness (QED) is 0.358. The topological polar surface area (TPSA) is 23.1 Å². The molecule has 0 aromatic carbocycles. The van der Waals surface area contributed by atoms with Crippen LogP contribution in [0.4, 0.5) is 0 Å². The van der Waals surface area contributed by atoms with Gasteiger partial charge in [-0.15, -0.1) is 0 Å². The lowest BCUT2D eigenvalue weighted by molar-refractivity contribution is -0.355. The fraction of sp³-hybridized carbons (Fsp3) is 0.167. The Morgan fingerprint density at radius 3 is 2.00 bits per heavy atom. The fourth-order valence-corrected chi connectivity index (χ4v) is 0.102.